The second-order valence-electron chi connectivity index (χ2n) is 8.74. The summed E-state index contributed by atoms with van der Waals surface area (Å²) in [5.41, 5.74) is 0. The van der Waals surface area contributed by atoms with Crippen LogP contribution in [0.25, 0.3) is 0 Å². The summed E-state index contributed by atoms with van der Waals surface area (Å²) in [4.78, 5) is 11.8. The van der Waals surface area contributed by atoms with Crippen LogP contribution in [-0.4, -0.2) is 115 Å². The van der Waals surface area contributed by atoms with Gasteiger partial charge < -0.3 is 10.0 Å². The van der Waals surface area contributed by atoms with Gasteiger partial charge in [0.1, 0.15) is 0 Å². The quantitative estimate of drug-likeness (QED) is 0.210. The summed E-state index contributed by atoms with van der Waals surface area (Å²) in [5, 5.41) is 0.715. The van der Waals surface area contributed by atoms with E-state index in [4.69, 9.17) is 5.11 Å². The van der Waals surface area contributed by atoms with Gasteiger partial charge in [0.15, 0.2) is 0 Å². The van der Waals surface area contributed by atoms with Crippen LogP contribution in [0.5, 0.6) is 0 Å². The summed E-state index contributed by atoms with van der Waals surface area (Å²) in [7, 11) is -5.21. The Morgan fingerprint density at radius 1 is 0.558 bits per heavy atom. The van der Waals surface area contributed by atoms with Crippen molar-refractivity contribution < 1.29 is 102 Å². The summed E-state index contributed by atoms with van der Waals surface area (Å²) in [6.07, 6.45) is -10.4. The first-order chi connectivity index (χ1) is 18.5. The number of carbonyl (C=O) groups is 1. The number of carboxylic acids is 1. The molecular weight excluding hydrogens is 689 g/mol. The average Bonchev–Trinajstić information content (AvgIpc) is 2.78. The Balaban J connectivity index is 7.14. The van der Waals surface area contributed by atoms with Gasteiger partial charge in [-0.2, -0.15) is 87.7 Å². The molecule has 0 saturated carbocycles. The Morgan fingerprint density at radius 2 is 0.884 bits per heavy atom. The molecule has 0 amide bonds. The molecule has 0 atom stereocenters. The molecule has 0 aliphatic carbocycles. The van der Waals surface area contributed by atoms with Gasteiger partial charge >= 0.3 is 58.9 Å². The first kappa shape index (κ1) is 41.0. The third-order valence-electron chi connectivity index (χ3n) is 5.34. The van der Waals surface area contributed by atoms with E-state index in [9.17, 15) is 96.6 Å². The van der Waals surface area contributed by atoms with Crippen LogP contribution in [0.3, 0.4) is 0 Å². The van der Waals surface area contributed by atoms with E-state index in [1.54, 1.807) is 0 Å². The second kappa shape index (κ2) is 11.7. The number of hydrogen-bond acceptors (Lipinski definition) is 4. The van der Waals surface area contributed by atoms with Crippen molar-refractivity contribution in [1.82, 2.24) is 9.21 Å². The van der Waals surface area contributed by atoms with E-state index >= 15 is 0 Å². The van der Waals surface area contributed by atoms with Gasteiger partial charge in [0, 0.05) is 13.1 Å². The molecular formula is C17H17F19N2O4S. The predicted molar refractivity (Wildman–Crippen MR) is 102 cm³/mol. The molecule has 0 spiro atoms. The normalized spacial score (nSPS) is 15.9. The van der Waals surface area contributed by atoms with Crippen LogP contribution in [-0.2, 0) is 14.8 Å². The van der Waals surface area contributed by atoms with Crippen molar-refractivity contribution in [2.45, 2.75) is 65.7 Å². The van der Waals surface area contributed by atoms with E-state index in [1.165, 1.54) is 14.1 Å². The fraction of sp³-hybridized carbons (Fsp3) is 0.941. The molecule has 0 aromatic carbocycles. The highest BCUT2D eigenvalue weighted by Gasteiger charge is 2.97. The fourth-order valence-corrected chi connectivity index (χ4v) is 4.28. The Hall–Kier alpha value is -1.99. The lowest BCUT2D eigenvalue weighted by Gasteiger charge is -2.43. The lowest BCUT2D eigenvalue weighted by atomic mass is 9.89. The third kappa shape index (κ3) is 6.27. The average molecular weight is 706 g/mol. The maximum atomic E-state index is 14.4. The van der Waals surface area contributed by atoms with Gasteiger partial charge in [0.2, 0.25) is 0 Å². The van der Waals surface area contributed by atoms with Gasteiger partial charge in [-0.05, 0) is 27.1 Å². The molecule has 1 N–H and O–H groups in total. The largest absolute Gasteiger partial charge is 0.481 e. The van der Waals surface area contributed by atoms with Gasteiger partial charge in [-0.3, -0.25) is 4.79 Å². The fourth-order valence-electron chi connectivity index (χ4n) is 2.81. The van der Waals surface area contributed by atoms with Gasteiger partial charge in [-0.1, -0.05) is 0 Å². The van der Waals surface area contributed by atoms with E-state index in [0.29, 0.717) is 0 Å². The van der Waals surface area contributed by atoms with Crippen molar-refractivity contribution in [3.8, 4) is 0 Å². The first-order valence-corrected chi connectivity index (χ1v) is 11.9. The molecule has 26 heteroatoms. The first-order valence-electron chi connectivity index (χ1n) is 10.4. The summed E-state index contributed by atoms with van der Waals surface area (Å²) in [6, 6.07) is 0. The molecule has 0 aromatic heterocycles. The number of nitrogens with zero attached hydrogens (tertiary/aromatic N) is 2. The molecule has 0 aliphatic rings. The van der Waals surface area contributed by atoms with Crippen molar-refractivity contribution in [2.75, 3.05) is 33.7 Å². The smallest absolute Gasteiger partial charge is 0.460 e. The lowest BCUT2D eigenvalue weighted by molar-refractivity contribution is -0.466. The molecule has 0 aromatic rings. The van der Waals surface area contributed by atoms with Gasteiger partial charge in [-0.15, -0.1) is 0 Å². The Kier molecular flexibility index (Phi) is 11.2. The van der Waals surface area contributed by atoms with Crippen molar-refractivity contribution in [3.63, 3.8) is 0 Å². The number of halogens is 19. The standard InChI is InChI=1S/C17H17F19N2O4S/c1-37(2)5-3-6-38(7-4-8(39)40)43(41,42)17(35,36)15(30,31)13(26,27)11(22,23)9(18,19)10(20,21)12(24,25)14(28,29)16(32,33)34/h3-7H2,1-2H3,(H,39,40). The van der Waals surface area contributed by atoms with Crippen LogP contribution in [0.1, 0.15) is 12.8 Å². The minimum absolute atomic E-state index is 0.368. The van der Waals surface area contributed by atoms with Crippen molar-refractivity contribution >= 4 is 16.0 Å². The number of alkyl halides is 19. The Labute approximate surface area is 227 Å². The van der Waals surface area contributed by atoms with Crippen molar-refractivity contribution in [1.29, 1.82) is 0 Å². The third-order valence-corrected chi connectivity index (χ3v) is 7.29. The predicted octanol–water partition coefficient (Wildman–Crippen LogP) is 5.65. The summed E-state index contributed by atoms with van der Waals surface area (Å²) < 4.78 is 280. The van der Waals surface area contributed by atoms with Gasteiger partial charge in [0.05, 0.1) is 6.42 Å². The minimum atomic E-state index is -9.19. The molecule has 0 radical (unpaired) electrons. The monoisotopic (exact) mass is 706 g/mol. The van der Waals surface area contributed by atoms with Gasteiger partial charge in [-0.25, -0.2) is 8.42 Å². The highest BCUT2D eigenvalue weighted by Crippen LogP contribution is 2.65. The molecule has 43 heavy (non-hydrogen) atoms. The molecule has 258 valence electrons. The van der Waals surface area contributed by atoms with E-state index in [-0.39, 0.29) is 6.54 Å². The number of hydrogen-bond donors (Lipinski definition) is 1. The zero-order valence-electron chi connectivity index (χ0n) is 20.7. The van der Waals surface area contributed by atoms with Crippen molar-refractivity contribution in [3.05, 3.63) is 0 Å². The molecule has 0 saturated heterocycles. The summed E-state index contributed by atoms with van der Waals surface area (Å²) in [6.45, 7) is -3.70. The van der Waals surface area contributed by atoms with E-state index in [2.05, 4.69) is 0 Å². The van der Waals surface area contributed by atoms with Crippen LogP contribution < -0.4 is 0 Å². The second-order valence-corrected chi connectivity index (χ2v) is 10.7. The van der Waals surface area contributed by atoms with Crippen LogP contribution >= 0.6 is 0 Å². The van der Waals surface area contributed by atoms with Crippen molar-refractivity contribution in [2.24, 2.45) is 0 Å². The number of sulfonamides is 1. The molecule has 6 nitrogen and oxygen atoms in total. The van der Waals surface area contributed by atoms with Crippen LogP contribution in [0.4, 0.5) is 83.4 Å². The van der Waals surface area contributed by atoms with E-state index in [1.807, 2.05) is 0 Å². The maximum absolute atomic E-state index is 14.4. The zero-order valence-corrected chi connectivity index (χ0v) is 21.5. The maximum Gasteiger partial charge on any atom is 0.460 e. The highest BCUT2D eigenvalue weighted by atomic mass is 32.2. The SMILES string of the molecule is CN(C)CCCN(CCC(=O)O)S(=O)(=O)C(F)(F)C(F)(F)C(F)(F)C(F)(F)C(F)(F)C(F)(F)C(F)(F)C(F)(F)C(F)(F)F. The summed E-state index contributed by atoms with van der Waals surface area (Å²) in [5.74, 6) is -64.5. The molecule has 0 aliphatic heterocycles. The highest BCUT2D eigenvalue weighted by molar-refractivity contribution is 7.90. The molecule has 0 heterocycles. The topological polar surface area (TPSA) is 77.9 Å². The van der Waals surface area contributed by atoms with Gasteiger partial charge in [0.25, 0.3) is 10.0 Å². The van der Waals surface area contributed by atoms with E-state index in [0.717, 1.165) is 4.90 Å². The zero-order chi connectivity index (χ0) is 35.3. The van der Waals surface area contributed by atoms with E-state index < -0.39 is 99.1 Å². The Morgan fingerprint density at radius 3 is 1.19 bits per heavy atom. The molecule has 0 fully saturated rings. The Bertz CT molecular complexity index is 1100. The summed E-state index contributed by atoms with van der Waals surface area (Å²) >= 11 is 0. The van der Waals surface area contributed by atoms with Crippen LogP contribution in [0.15, 0.2) is 0 Å². The molecule has 0 bridgehead atoms. The number of carboxylic acid groups (broad SMARTS) is 1. The lowest BCUT2D eigenvalue weighted by Crippen LogP contribution is -2.76. The van der Waals surface area contributed by atoms with Crippen LogP contribution in [0.2, 0.25) is 0 Å². The van der Waals surface area contributed by atoms with Crippen LogP contribution in [0, 0.1) is 0 Å². The minimum Gasteiger partial charge on any atom is -0.481 e. The number of rotatable bonds is 16. The molecule has 0 unspecified atom stereocenters. The molecule has 0 rings (SSSR count). The number of aliphatic carboxylic acids is 1.